The number of rotatable bonds is 13. The summed E-state index contributed by atoms with van der Waals surface area (Å²) in [5.74, 6) is -3.41. The smallest absolute Gasteiger partial charge is 0.335 e. The highest BCUT2D eigenvalue weighted by Crippen LogP contribution is 2.30. The molecule has 0 amide bonds. The van der Waals surface area contributed by atoms with Gasteiger partial charge in [-0.3, -0.25) is 0 Å². The van der Waals surface area contributed by atoms with E-state index in [1.54, 1.807) is 20.1 Å². The van der Waals surface area contributed by atoms with Gasteiger partial charge in [-0.2, -0.15) is 5.26 Å². The van der Waals surface area contributed by atoms with Crippen LogP contribution < -0.4 is 18.9 Å². The molecule has 0 heterocycles. The molecule has 4 aromatic rings. The van der Waals surface area contributed by atoms with Gasteiger partial charge in [-0.25, -0.2) is 22.4 Å². The number of benzene rings is 4. The van der Waals surface area contributed by atoms with Gasteiger partial charge < -0.3 is 33.5 Å². The van der Waals surface area contributed by atoms with Crippen LogP contribution in [-0.2, 0) is 9.47 Å². The lowest BCUT2D eigenvalue weighted by Crippen LogP contribution is -2.18. The van der Waals surface area contributed by atoms with Crippen molar-refractivity contribution in [3.05, 3.63) is 107 Å². The van der Waals surface area contributed by atoms with Gasteiger partial charge in [-0.15, -0.1) is 0 Å². The molecule has 9 nitrogen and oxygen atoms in total. The minimum atomic E-state index is -1.19. The van der Waals surface area contributed by atoms with Crippen molar-refractivity contribution in [1.29, 1.82) is 5.26 Å². The fourth-order valence-corrected chi connectivity index (χ4v) is 4.03. The first-order chi connectivity index (χ1) is 22.4. The first kappa shape index (κ1) is 36.2. The van der Waals surface area contributed by atoms with Gasteiger partial charge in [0.25, 0.3) is 0 Å². The number of halogens is 4. The second kappa shape index (κ2) is 17.4. The van der Waals surface area contributed by atoms with E-state index in [4.69, 9.17) is 38.8 Å². The van der Waals surface area contributed by atoms with Gasteiger partial charge in [0.05, 0.1) is 30.4 Å². The van der Waals surface area contributed by atoms with Gasteiger partial charge in [0.1, 0.15) is 70.0 Å². The number of ether oxygens (including phenoxy) is 6. The van der Waals surface area contributed by atoms with Crippen LogP contribution in [0.3, 0.4) is 0 Å². The third kappa shape index (κ3) is 12.2. The van der Waals surface area contributed by atoms with Crippen LogP contribution in [0, 0.1) is 34.6 Å². The molecule has 13 heteroatoms. The quantitative estimate of drug-likeness (QED) is 0.143. The summed E-state index contributed by atoms with van der Waals surface area (Å²) in [5, 5.41) is 18.2. The van der Waals surface area contributed by atoms with Crippen LogP contribution in [0.2, 0.25) is 0 Å². The number of methoxy groups -OCH3 is 2. The lowest BCUT2D eigenvalue weighted by molar-refractivity contribution is 0.0693. The molecular weight excluding hydrogens is 626 g/mol. The van der Waals surface area contributed by atoms with Crippen molar-refractivity contribution in [1.82, 2.24) is 0 Å². The molecule has 0 radical (unpaired) electrons. The standard InChI is InChI=1S/C17H15F2NO3.C17H16F2O5/c1-11(10-21-2)22-15-3-12(9-20)4-16(8-15)23-17-6-13(18)5-14(19)7-17;1-10(9-22-2)23-14-3-11(17(20)21)4-15(8-14)24-16-6-12(18)5-13(19)7-16/h3-8,11H,10H2,1-2H3;3-8,10H,9H2,1-2H3,(H,20,21). The van der Waals surface area contributed by atoms with Crippen molar-refractivity contribution in [2.45, 2.75) is 26.1 Å². The van der Waals surface area contributed by atoms with Crippen LogP contribution in [0.4, 0.5) is 17.6 Å². The fraction of sp³-hybridized carbons (Fsp3) is 0.235. The summed E-state index contributed by atoms with van der Waals surface area (Å²) in [7, 11) is 3.07. The summed E-state index contributed by atoms with van der Waals surface area (Å²) in [6.45, 7) is 4.25. The zero-order valence-corrected chi connectivity index (χ0v) is 25.8. The Bertz CT molecular complexity index is 1670. The van der Waals surface area contributed by atoms with Crippen molar-refractivity contribution in [2.75, 3.05) is 27.4 Å². The highest BCUT2D eigenvalue weighted by Gasteiger charge is 2.13. The van der Waals surface area contributed by atoms with E-state index in [-0.39, 0.29) is 46.5 Å². The molecule has 2 atom stereocenters. The van der Waals surface area contributed by atoms with Gasteiger partial charge in [-0.1, -0.05) is 0 Å². The molecule has 1 N–H and O–H groups in total. The van der Waals surface area contributed by atoms with Crippen molar-refractivity contribution in [3.63, 3.8) is 0 Å². The normalized spacial score (nSPS) is 11.7. The average Bonchev–Trinajstić information content (AvgIpc) is 2.96. The zero-order valence-electron chi connectivity index (χ0n) is 25.8. The monoisotopic (exact) mass is 657 g/mol. The maximum Gasteiger partial charge on any atom is 0.335 e. The van der Waals surface area contributed by atoms with Crippen LogP contribution in [0.5, 0.6) is 34.5 Å². The van der Waals surface area contributed by atoms with Gasteiger partial charge in [0.15, 0.2) is 0 Å². The molecule has 47 heavy (non-hydrogen) atoms. The maximum absolute atomic E-state index is 13.2. The highest BCUT2D eigenvalue weighted by molar-refractivity contribution is 5.88. The largest absolute Gasteiger partial charge is 0.488 e. The first-order valence-corrected chi connectivity index (χ1v) is 13.9. The second-order valence-corrected chi connectivity index (χ2v) is 9.99. The predicted octanol–water partition coefficient (Wildman–Crippen LogP) is 7.91. The van der Waals surface area contributed by atoms with Gasteiger partial charge >= 0.3 is 5.97 Å². The van der Waals surface area contributed by atoms with Crippen LogP contribution in [0.25, 0.3) is 0 Å². The maximum atomic E-state index is 13.2. The van der Waals surface area contributed by atoms with Crippen molar-refractivity contribution < 1.29 is 55.9 Å². The van der Waals surface area contributed by atoms with E-state index in [0.717, 1.165) is 30.3 Å². The van der Waals surface area contributed by atoms with Crippen LogP contribution in [-0.4, -0.2) is 50.7 Å². The Balaban J connectivity index is 0.000000256. The Morgan fingerprint density at radius 2 is 1.00 bits per heavy atom. The number of hydrogen-bond donors (Lipinski definition) is 1. The van der Waals surface area contributed by atoms with Gasteiger partial charge in [-0.05, 0) is 38.1 Å². The third-order valence-corrected chi connectivity index (χ3v) is 5.76. The van der Waals surface area contributed by atoms with Gasteiger partial charge in [0.2, 0.25) is 0 Å². The summed E-state index contributed by atoms with van der Waals surface area (Å²) in [6.07, 6.45) is -0.549. The Morgan fingerprint density at radius 1 is 0.638 bits per heavy atom. The molecule has 4 aromatic carbocycles. The SMILES string of the molecule is COCC(C)Oc1cc(C#N)cc(Oc2cc(F)cc(F)c2)c1.COCC(C)Oc1cc(Oc2cc(F)cc(F)c2)cc(C(=O)O)c1. The van der Waals surface area contributed by atoms with E-state index in [9.17, 15) is 22.4 Å². The van der Waals surface area contributed by atoms with Gasteiger partial charge in [0, 0.05) is 62.8 Å². The first-order valence-electron chi connectivity index (χ1n) is 13.9. The third-order valence-electron chi connectivity index (χ3n) is 5.76. The predicted molar refractivity (Wildman–Crippen MR) is 161 cm³/mol. The molecule has 0 spiro atoms. The topological polar surface area (TPSA) is 116 Å². The highest BCUT2D eigenvalue weighted by atomic mass is 19.1. The Labute approximate surface area is 268 Å². The van der Waals surface area contributed by atoms with Crippen molar-refractivity contribution >= 4 is 5.97 Å². The molecule has 0 bridgehead atoms. The van der Waals surface area contributed by atoms with Crippen LogP contribution >= 0.6 is 0 Å². The molecule has 2 unspecified atom stereocenters. The number of nitrogens with zero attached hydrogens (tertiary/aromatic N) is 1. The lowest BCUT2D eigenvalue weighted by atomic mass is 10.2. The van der Waals surface area contributed by atoms with E-state index in [1.807, 2.05) is 13.0 Å². The molecule has 0 aromatic heterocycles. The second-order valence-electron chi connectivity index (χ2n) is 9.99. The van der Waals surface area contributed by atoms with Crippen LogP contribution in [0.15, 0.2) is 72.8 Å². The summed E-state index contributed by atoms with van der Waals surface area (Å²) >= 11 is 0. The van der Waals surface area contributed by atoms with Crippen molar-refractivity contribution in [2.24, 2.45) is 0 Å². The van der Waals surface area contributed by atoms with E-state index < -0.39 is 29.2 Å². The summed E-state index contributed by atoms with van der Waals surface area (Å²) in [6, 6.07) is 16.1. The zero-order chi connectivity index (χ0) is 34.5. The van der Waals surface area contributed by atoms with Crippen molar-refractivity contribution in [3.8, 4) is 40.6 Å². The number of hydrogen-bond acceptors (Lipinski definition) is 8. The number of carboxylic acid groups (broad SMARTS) is 1. The minimum Gasteiger partial charge on any atom is -0.488 e. The molecular formula is C34H31F4NO8. The molecule has 0 saturated heterocycles. The average molecular weight is 658 g/mol. The molecule has 0 fully saturated rings. The molecule has 0 aliphatic heterocycles. The van der Waals surface area contributed by atoms with E-state index >= 15 is 0 Å². The van der Waals surface area contributed by atoms with E-state index in [2.05, 4.69) is 0 Å². The number of aromatic carboxylic acids is 1. The number of carbonyl (C=O) groups is 1. The molecule has 248 valence electrons. The Morgan fingerprint density at radius 3 is 1.40 bits per heavy atom. The lowest BCUT2D eigenvalue weighted by Gasteiger charge is -2.15. The summed E-state index contributed by atoms with van der Waals surface area (Å²) in [4.78, 5) is 11.2. The molecule has 0 aliphatic carbocycles. The number of carboxylic acids is 1. The summed E-state index contributed by atoms with van der Waals surface area (Å²) < 4.78 is 84.7. The van der Waals surface area contributed by atoms with E-state index in [0.29, 0.717) is 30.6 Å². The summed E-state index contributed by atoms with van der Waals surface area (Å²) in [5.41, 5.74) is 0.225. The fourth-order valence-electron chi connectivity index (χ4n) is 4.03. The van der Waals surface area contributed by atoms with E-state index in [1.165, 1.54) is 37.4 Å². The molecule has 0 saturated carbocycles. The van der Waals surface area contributed by atoms with Crippen LogP contribution in [0.1, 0.15) is 29.8 Å². The Hall–Kier alpha value is -5.32. The molecule has 0 aliphatic rings. The Kier molecular flexibility index (Phi) is 13.4. The number of nitriles is 1. The minimum absolute atomic E-state index is 0.00604. The molecule has 4 rings (SSSR count).